The van der Waals surface area contributed by atoms with Gasteiger partial charge in [-0.2, -0.15) is 0 Å². The number of aryl methyl sites for hydroxylation is 1. The number of benzene rings is 2. The number of carbonyl (C=O) groups excluding carboxylic acids is 1. The van der Waals surface area contributed by atoms with Gasteiger partial charge >= 0.3 is 0 Å². The second-order valence-corrected chi connectivity index (χ2v) is 5.23. The predicted molar refractivity (Wildman–Crippen MR) is 83.0 cm³/mol. The standard InChI is InChI=1S/C18H21NO/c1-19(2)17(14-13-15-9-5-3-6-10-15)18(20)16-11-7-4-8-12-16/h3-12,17H,13-14H2,1-2H3. The van der Waals surface area contributed by atoms with Crippen LogP contribution in [0.2, 0.25) is 0 Å². The van der Waals surface area contributed by atoms with Crippen LogP contribution in [-0.4, -0.2) is 30.8 Å². The maximum atomic E-state index is 12.6. The minimum Gasteiger partial charge on any atom is -0.299 e. The van der Waals surface area contributed by atoms with Gasteiger partial charge in [-0.15, -0.1) is 0 Å². The van der Waals surface area contributed by atoms with E-state index in [9.17, 15) is 4.79 Å². The van der Waals surface area contributed by atoms with E-state index < -0.39 is 0 Å². The van der Waals surface area contributed by atoms with Crippen molar-refractivity contribution in [2.75, 3.05) is 14.1 Å². The van der Waals surface area contributed by atoms with Crippen LogP contribution in [0.1, 0.15) is 22.3 Å². The molecule has 2 nitrogen and oxygen atoms in total. The van der Waals surface area contributed by atoms with Crippen LogP contribution in [-0.2, 0) is 6.42 Å². The minimum absolute atomic E-state index is 0.0717. The zero-order valence-electron chi connectivity index (χ0n) is 12.1. The molecule has 0 aromatic heterocycles. The van der Waals surface area contributed by atoms with Crippen LogP contribution >= 0.6 is 0 Å². The first-order chi connectivity index (χ1) is 9.68. The summed E-state index contributed by atoms with van der Waals surface area (Å²) in [4.78, 5) is 14.6. The lowest BCUT2D eigenvalue weighted by atomic mass is 9.97. The molecule has 2 rings (SSSR count). The van der Waals surface area contributed by atoms with Crippen molar-refractivity contribution in [2.24, 2.45) is 0 Å². The quantitative estimate of drug-likeness (QED) is 0.747. The average Bonchev–Trinajstić information content (AvgIpc) is 2.49. The lowest BCUT2D eigenvalue weighted by Gasteiger charge is -2.23. The molecule has 2 aromatic carbocycles. The van der Waals surface area contributed by atoms with Gasteiger partial charge in [-0.25, -0.2) is 0 Å². The number of likely N-dealkylation sites (N-methyl/N-ethyl adjacent to an activating group) is 1. The predicted octanol–water partition coefficient (Wildman–Crippen LogP) is 3.43. The molecule has 0 N–H and O–H groups in total. The van der Waals surface area contributed by atoms with Gasteiger partial charge in [0.25, 0.3) is 0 Å². The summed E-state index contributed by atoms with van der Waals surface area (Å²) in [5.74, 6) is 0.200. The molecule has 0 aliphatic carbocycles. The Kier molecular flexibility index (Phi) is 5.08. The molecule has 0 radical (unpaired) electrons. The van der Waals surface area contributed by atoms with Crippen LogP contribution in [0.15, 0.2) is 60.7 Å². The van der Waals surface area contributed by atoms with Crippen molar-refractivity contribution < 1.29 is 4.79 Å². The summed E-state index contributed by atoms with van der Waals surface area (Å²) in [5, 5.41) is 0. The molecular formula is C18H21NO. The molecule has 20 heavy (non-hydrogen) atoms. The molecule has 0 amide bonds. The molecule has 0 aliphatic rings. The molecule has 104 valence electrons. The van der Waals surface area contributed by atoms with E-state index in [1.165, 1.54) is 5.56 Å². The monoisotopic (exact) mass is 267 g/mol. The highest BCUT2D eigenvalue weighted by Gasteiger charge is 2.21. The van der Waals surface area contributed by atoms with Gasteiger partial charge in [0.05, 0.1) is 6.04 Å². The molecule has 2 heteroatoms. The van der Waals surface area contributed by atoms with E-state index in [-0.39, 0.29) is 11.8 Å². The Morgan fingerprint density at radius 1 is 0.950 bits per heavy atom. The topological polar surface area (TPSA) is 20.3 Å². The number of carbonyl (C=O) groups is 1. The molecule has 1 unspecified atom stereocenters. The molecule has 1 atom stereocenters. The molecular weight excluding hydrogens is 246 g/mol. The maximum absolute atomic E-state index is 12.6. The van der Waals surface area contributed by atoms with Gasteiger partial charge in [-0.05, 0) is 32.5 Å². The summed E-state index contributed by atoms with van der Waals surface area (Å²) in [6, 6.07) is 19.8. The zero-order valence-corrected chi connectivity index (χ0v) is 12.1. The summed E-state index contributed by atoms with van der Waals surface area (Å²) in [6.45, 7) is 0. The lowest BCUT2D eigenvalue weighted by molar-refractivity contribution is 0.0867. The van der Waals surface area contributed by atoms with Crippen LogP contribution in [0.5, 0.6) is 0 Å². The minimum atomic E-state index is -0.0717. The third kappa shape index (κ3) is 3.78. The average molecular weight is 267 g/mol. The second kappa shape index (κ2) is 7.01. The first-order valence-corrected chi connectivity index (χ1v) is 6.98. The van der Waals surface area contributed by atoms with Crippen molar-refractivity contribution in [3.63, 3.8) is 0 Å². The Labute approximate surface area is 121 Å². The van der Waals surface area contributed by atoms with Crippen LogP contribution < -0.4 is 0 Å². The highest BCUT2D eigenvalue weighted by Crippen LogP contribution is 2.13. The molecule has 0 bridgehead atoms. The second-order valence-electron chi connectivity index (χ2n) is 5.23. The van der Waals surface area contributed by atoms with Crippen molar-refractivity contribution in [3.8, 4) is 0 Å². The number of hydrogen-bond donors (Lipinski definition) is 0. The number of hydrogen-bond acceptors (Lipinski definition) is 2. The Hall–Kier alpha value is -1.93. The van der Waals surface area contributed by atoms with E-state index in [1.807, 2.05) is 67.5 Å². The molecule has 0 saturated heterocycles. The summed E-state index contributed by atoms with van der Waals surface area (Å²) in [6.07, 6.45) is 1.76. The summed E-state index contributed by atoms with van der Waals surface area (Å²) < 4.78 is 0. The number of rotatable bonds is 6. The highest BCUT2D eigenvalue weighted by molar-refractivity contribution is 6.00. The first kappa shape index (κ1) is 14.5. The third-order valence-corrected chi connectivity index (χ3v) is 3.53. The van der Waals surface area contributed by atoms with E-state index in [2.05, 4.69) is 12.1 Å². The zero-order chi connectivity index (χ0) is 14.4. The molecule has 0 heterocycles. The van der Waals surface area contributed by atoms with Crippen molar-refractivity contribution in [2.45, 2.75) is 18.9 Å². The summed E-state index contributed by atoms with van der Waals surface area (Å²) in [7, 11) is 3.94. The van der Waals surface area contributed by atoms with E-state index in [0.29, 0.717) is 0 Å². The first-order valence-electron chi connectivity index (χ1n) is 6.98. The molecule has 0 spiro atoms. The van der Waals surface area contributed by atoms with E-state index in [1.54, 1.807) is 0 Å². The van der Waals surface area contributed by atoms with E-state index in [4.69, 9.17) is 0 Å². The van der Waals surface area contributed by atoms with Gasteiger partial charge in [0, 0.05) is 5.56 Å². The normalized spacial score (nSPS) is 12.3. The van der Waals surface area contributed by atoms with Crippen molar-refractivity contribution in [1.29, 1.82) is 0 Å². The Morgan fingerprint density at radius 3 is 2.05 bits per heavy atom. The van der Waals surface area contributed by atoms with Crippen molar-refractivity contribution in [1.82, 2.24) is 4.90 Å². The van der Waals surface area contributed by atoms with E-state index >= 15 is 0 Å². The number of nitrogens with zero attached hydrogens (tertiary/aromatic N) is 1. The molecule has 2 aromatic rings. The summed E-state index contributed by atoms with van der Waals surface area (Å²) >= 11 is 0. The highest BCUT2D eigenvalue weighted by atomic mass is 16.1. The van der Waals surface area contributed by atoms with Gasteiger partial charge in [-0.3, -0.25) is 9.69 Å². The van der Waals surface area contributed by atoms with Gasteiger partial charge in [0.15, 0.2) is 5.78 Å². The van der Waals surface area contributed by atoms with Crippen LogP contribution in [0.25, 0.3) is 0 Å². The van der Waals surface area contributed by atoms with Gasteiger partial charge in [-0.1, -0.05) is 60.7 Å². The third-order valence-electron chi connectivity index (χ3n) is 3.53. The maximum Gasteiger partial charge on any atom is 0.179 e. The summed E-state index contributed by atoms with van der Waals surface area (Å²) in [5.41, 5.74) is 2.07. The van der Waals surface area contributed by atoms with Crippen LogP contribution in [0.4, 0.5) is 0 Å². The van der Waals surface area contributed by atoms with Crippen molar-refractivity contribution >= 4 is 5.78 Å². The fourth-order valence-corrected chi connectivity index (χ4v) is 2.37. The molecule has 0 aliphatic heterocycles. The molecule has 0 saturated carbocycles. The van der Waals surface area contributed by atoms with Gasteiger partial charge in [0.2, 0.25) is 0 Å². The Morgan fingerprint density at radius 2 is 1.50 bits per heavy atom. The smallest absolute Gasteiger partial charge is 0.179 e. The van der Waals surface area contributed by atoms with E-state index in [0.717, 1.165) is 18.4 Å². The van der Waals surface area contributed by atoms with Crippen LogP contribution in [0.3, 0.4) is 0 Å². The molecule has 0 fully saturated rings. The number of Topliss-reactive ketones (excluding diaryl/α,β-unsaturated/α-hetero) is 1. The Bertz CT molecular complexity index is 534. The fourth-order valence-electron chi connectivity index (χ4n) is 2.37. The SMILES string of the molecule is CN(C)C(CCc1ccccc1)C(=O)c1ccccc1. The van der Waals surface area contributed by atoms with Crippen LogP contribution in [0, 0.1) is 0 Å². The van der Waals surface area contributed by atoms with Gasteiger partial charge in [0.1, 0.15) is 0 Å². The van der Waals surface area contributed by atoms with Gasteiger partial charge < -0.3 is 0 Å². The Balaban J connectivity index is 2.06. The van der Waals surface area contributed by atoms with Crippen molar-refractivity contribution in [3.05, 3.63) is 71.8 Å². The largest absolute Gasteiger partial charge is 0.299 e. The lowest BCUT2D eigenvalue weighted by Crippen LogP contribution is -2.36. The number of ketones is 1. The fraction of sp³-hybridized carbons (Fsp3) is 0.278.